The number of fused-ring (bicyclic) bond motifs is 2. The van der Waals surface area contributed by atoms with Crippen molar-refractivity contribution in [3.63, 3.8) is 0 Å². The zero-order chi connectivity index (χ0) is 30.1. The fourth-order valence-electron chi connectivity index (χ4n) is 4.47. The summed E-state index contributed by atoms with van der Waals surface area (Å²) < 4.78 is 21.8. The Balaban J connectivity index is 2.72. The highest BCUT2D eigenvalue weighted by molar-refractivity contribution is 6.05. The number of anilines is 1. The predicted octanol–water partition coefficient (Wildman–Crippen LogP) is 3.79. The van der Waals surface area contributed by atoms with Crippen molar-refractivity contribution >= 4 is 23.8 Å². The van der Waals surface area contributed by atoms with Gasteiger partial charge in [-0.05, 0) is 38.8 Å². The van der Waals surface area contributed by atoms with Gasteiger partial charge in [0.2, 0.25) is 0 Å². The molecule has 2 rings (SSSR count). The van der Waals surface area contributed by atoms with Crippen LogP contribution in [0.25, 0.3) is 6.08 Å². The molecule has 0 fully saturated rings. The highest BCUT2D eigenvalue weighted by Gasteiger charge is 2.29. The van der Waals surface area contributed by atoms with Crippen molar-refractivity contribution in [1.29, 1.82) is 0 Å². The first-order valence-corrected chi connectivity index (χ1v) is 12.7. The summed E-state index contributed by atoms with van der Waals surface area (Å²) in [6, 6.07) is 1.19. The summed E-state index contributed by atoms with van der Waals surface area (Å²) in [4.78, 5) is 24.6. The average Bonchev–Trinajstić information content (AvgIpc) is 2.90. The van der Waals surface area contributed by atoms with Gasteiger partial charge in [0, 0.05) is 31.8 Å². The number of phenols is 2. The van der Waals surface area contributed by atoms with Crippen LogP contribution in [-0.2, 0) is 19.0 Å². The molecule has 2 amide bonds. The van der Waals surface area contributed by atoms with Crippen molar-refractivity contribution in [2.75, 3.05) is 26.6 Å². The number of hydrogen-bond donors (Lipinski definition) is 5. The molecule has 0 saturated carbocycles. The lowest BCUT2D eigenvalue weighted by molar-refractivity contribution is -0.112. The lowest BCUT2D eigenvalue weighted by Gasteiger charge is -2.28. The number of methoxy groups -OCH3 is 3. The van der Waals surface area contributed by atoms with E-state index in [9.17, 15) is 24.9 Å². The van der Waals surface area contributed by atoms with Gasteiger partial charge in [-0.15, -0.1) is 0 Å². The van der Waals surface area contributed by atoms with E-state index < -0.39 is 42.3 Å². The Hall–Kier alpha value is -3.80. The number of hydrogen-bond acceptors (Lipinski definition) is 9. The van der Waals surface area contributed by atoms with E-state index in [1.807, 2.05) is 0 Å². The van der Waals surface area contributed by atoms with Gasteiger partial charge in [0.25, 0.3) is 5.91 Å². The van der Waals surface area contributed by atoms with E-state index in [2.05, 4.69) is 5.32 Å². The number of allylic oxidation sites excluding steroid dienone is 2. The zero-order valence-electron chi connectivity index (χ0n) is 23.9. The third kappa shape index (κ3) is 8.10. The summed E-state index contributed by atoms with van der Waals surface area (Å²) in [5, 5.41) is 35.3. The van der Waals surface area contributed by atoms with Crippen LogP contribution < -0.4 is 15.8 Å². The number of aliphatic hydroxyl groups excluding tert-OH is 1. The van der Waals surface area contributed by atoms with Crippen LogP contribution in [-0.4, -0.2) is 73.1 Å². The van der Waals surface area contributed by atoms with Crippen molar-refractivity contribution in [2.24, 2.45) is 11.7 Å². The van der Waals surface area contributed by atoms with Crippen molar-refractivity contribution in [3.8, 4) is 17.2 Å². The van der Waals surface area contributed by atoms with Crippen LogP contribution in [0.5, 0.6) is 17.2 Å². The molecule has 1 aliphatic rings. The summed E-state index contributed by atoms with van der Waals surface area (Å²) in [7, 11) is 4.25. The van der Waals surface area contributed by atoms with Crippen LogP contribution >= 0.6 is 0 Å². The lowest BCUT2D eigenvalue weighted by atomic mass is 9.91. The number of benzene rings is 1. The largest absolute Gasteiger partial charge is 0.505 e. The normalized spacial score (nSPS) is 24.9. The first kappa shape index (κ1) is 32.4. The predicted molar refractivity (Wildman–Crippen MR) is 151 cm³/mol. The molecular formula is C29H40N2O9. The minimum Gasteiger partial charge on any atom is -0.505 e. The molecule has 40 heavy (non-hydrogen) atoms. The van der Waals surface area contributed by atoms with Crippen LogP contribution in [0.1, 0.15) is 39.7 Å². The molecule has 0 spiro atoms. The fraction of sp³-hybridized carbons (Fsp3) is 0.448. The molecule has 220 valence electrons. The third-order valence-electron chi connectivity index (χ3n) is 6.65. The Morgan fingerprint density at radius 3 is 2.38 bits per heavy atom. The number of aliphatic hydroxyl groups is 1. The number of phenolic OH excluding ortho intramolecular Hbond substituents is 2. The summed E-state index contributed by atoms with van der Waals surface area (Å²) >= 11 is 0. The molecule has 0 aliphatic carbocycles. The molecule has 2 bridgehead atoms. The van der Waals surface area contributed by atoms with E-state index in [1.165, 1.54) is 33.5 Å². The van der Waals surface area contributed by atoms with Crippen LogP contribution in [0.3, 0.4) is 0 Å². The quantitative estimate of drug-likeness (QED) is 0.209. The monoisotopic (exact) mass is 560 g/mol. The van der Waals surface area contributed by atoms with Gasteiger partial charge in [0.1, 0.15) is 11.9 Å². The molecule has 1 aliphatic heterocycles. The minimum atomic E-state index is -0.998. The third-order valence-corrected chi connectivity index (χ3v) is 6.65. The molecular weight excluding hydrogens is 520 g/mol. The van der Waals surface area contributed by atoms with Gasteiger partial charge in [0.15, 0.2) is 17.6 Å². The SMILES string of the molecule is COc1c(O)cc2c(O)c1C=C(C)C[C@H](OC)[C@H](O)[C@@H](C)C=C(C)[C@H](OC(N)=O)C(OC)C=CC=C(C)C(=O)N2. The second-order valence-electron chi connectivity index (χ2n) is 9.71. The van der Waals surface area contributed by atoms with Crippen molar-refractivity contribution in [3.05, 3.63) is 52.7 Å². The van der Waals surface area contributed by atoms with Crippen LogP contribution in [0.15, 0.2) is 47.1 Å². The van der Waals surface area contributed by atoms with E-state index in [0.717, 1.165) is 0 Å². The average molecular weight is 561 g/mol. The molecule has 5 atom stereocenters. The Bertz CT molecular complexity index is 1200. The number of ether oxygens (including phenoxy) is 4. The van der Waals surface area contributed by atoms with Gasteiger partial charge in [-0.1, -0.05) is 36.8 Å². The molecule has 11 nitrogen and oxygen atoms in total. The molecule has 1 aromatic rings. The summed E-state index contributed by atoms with van der Waals surface area (Å²) in [6.45, 7) is 6.86. The van der Waals surface area contributed by atoms with Crippen LogP contribution in [0.2, 0.25) is 0 Å². The maximum absolute atomic E-state index is 12.9. The van der Waals surface area contributed by atoms with Crippen LogP contribution in [0.4, 0.5) is 10.5 Å². The van der Waals surface area contributed by atoms with Gasteiger partial charge in [-0.2, -0.15) is 0 Å². The number of nitrogens with one attached hydrogen (secondary N) is 1. The number of carbonyl (C=O) groups excluding carboxylic acids is 2. The van der Waals surface area contributed by atoms with Crippen molar-refractivity contribution < 1.29 is 43.9 Å². The summed E-state index contributed by atoms with van der Waals surface area (Å²) in [6.07, 6.45) is 3.94. The Morgan fingerprint density at radius 2 is 1.80 bits per heavy atom. The van der Waals surface area contributed by atoms with Gasteiger partial charge in [-0.3, -0.25) is 4.79 Å². The highest BCUT2D eigenvalue weighted by Crippen LogP contribution is 2.43. The Kier molecular flexibility index (Phi) is 11.8. The highest BCUT2D eigenvalue weighted by atomic mass is 16.6. The van der Waals surface area contributed by atoms with Crippen molar-refractivity contribution in [2.45, 2.75) is 58.5 Å². The van der Waals surface area contributed by atoms with Gasteiger partial charge >= 0.3 is 6.09 Å². The summed E-state index contributed by atoms with van der Waals surface area (Å²) in [5.74, 6) is -1.57. The number of amides is 2. The number of aromatic hydroxyl groups is 2. The number of nitrogens with two attached hydrogens (primary N) is 1. The van der Waals surface area contributed by atoms with Crippen molar-refractivity contribution in [1.82, 2.24) is 0 Å². The second kappa shape index (κ2) is 14.5. The smallest absolute Gasteiger partial charge is 0.405 e. The molecule has 1 aromatic carbocycles. The topological polar surface area (TPSA) is 170 Å². The molecule has 6 N–H and O–H groups in total. The Morgan fingerprint density at radius 1 is 1.12 bits per heavy atom. The molecule has 1 heterocycles. The molecule has 1 unspecified atom stereocenters. The van der Waals surface area contributed by atoms with Gasteiger partial charge < -0.3 is 45.3 Å². The van der Waals surface area contributed by atoms with E-state index in [4.69, 9.17) is 24.7 Å². The molecule has 0 radical (unpaired) electrons. The van der Waals surface area contributed by atoms with E-state index in [1.54, 1.807) is 52.0 Å². The first-order chi connectivity index (χ1) is 18.8. The van der Waals surface area contributed by atoms with Crippen LogP contribution in [0, 0.1) is 5.92 Å². The molecule has 11 heteroatoms. The zero-order valence-corrected chi connectivity index (χ0v) is 23.9. The maximum atomic E-state index is 12.9. The standard InChI is InChI=1S/C29H40N2O9/c1-15-11-19-25(34)20(14-21(32)27(19)39-7)31-28(35)16(2)9-8-10-22(37-5)26(40-29(30)36)18(4)13-17(3)24(33)23(12-15)38-6/h8-11,13-14,17,22-24,26,32-34H,12H2,1-7H3,(H2,30,36)(H,31,35)/t17-,22?,23-,24+,26-/m0/s1. The minimum absolute atomic E-state index is 0.0171. The lowest BCUT2D eigenvalue weighted by Crippen LogP contribution is -2.36. The van der Waals surface area contributed by atoms with Gasteiger partial charge in [0.05, 0.1) is 30.6 Å². The van der Waals surface area contributed by atoms with Gasteiger partial charge in [-0.25, -0.2) is 4.79 Å². The Labute approximate surface area is 234 Å². The fourth-order valence-corrected chi connectivity index (χ4v) is 4.47. The maximum Gasteiger partial charge on any atom is 0.405 e. The first-order valence-electron chi connectivity index (χ1n) is 12.7. The number of primary amides is 1. The van der Waals surface area contributed by atoms with E-state index in [-0.39, 0.29) is 40.5 Å². The van der Waals surface area contributed by atoms with E-state index in [0.29, 0.717) is 11.1 Å². The summed E-state index contributed by atoms with van der Waals surface area (Å²) in [5.41, 5.74) is 6.98. The second-order valence-corrected chi connectivity index (χ2v) is 9.71. The molecule has 0 aromatic heterocycles. The van der Waals surface area contributed by atoms with E-state index >= 15 is 0 Å². The number of carbonyl (C=O) groups is 2. The molecule has 0 saturated heterocycles. The number of rotatable bonds is 4.